The first-order valence-electron chi connectivity index (χ1n) is 5.76. The number of benzene rings is 1. The maximum absolute atomic E-state index is 5.63. The Labute approximate surface area is 110 Å². The van der Waals surface area contributed by atoms with Crippen LogP contribution in [0.4, 0.5) is 5.82 Å². The molecule has 96 valence electrons. The number of methoxy groups -OCH3 is 1. The van der Waals surface area contributed by atoms with Crippen molar-refractivity contribution in [3.63, 3.8) is 0 Å². The molecule has 1 heterocycles. The summed E-state index contributed by atoms with van der Waals surface area (Å²) in [6, 6.07) is 5.79. The Morgan fingerprint density at radius 3 is 2.78 bits per heavy atom. The Hall–Kier alpha value is -1.75. The molecule has 0 aliphatic heterocycles. The molecule has 1 aromatic heterocycles. The quantitative estimate of drug-likeness (QED) is 0.901. The van der Waals surface area contributed by atoms with Crippen molar-refractivity contribution < 1.29 is 9.47 Å². The van der Waals surface area contributed by atoms with Gasteiger partial charge in [-0.3, -0.25) is 0 Å². The molecule has 0 atom stereocenters. The van der Waals surface area contributed by atoms with Crippen LogP contribution in [0.3, 0.4) is 0 Å². The summed E-state index contributed by atoms with van der Waals surface area (Å²) in [5.41, 5.74) is 6.61. The second-order valence-electron chi connectivity index (χ2n) is 3.79. The van der Waals surface area contributed by atoms with Crippen LogP contribution in [-0.2, 0) is 0 Å². The highest BCUT2D eigenvalue weighted by molar-refractivity contribution is 7.13. The van der Waals surface area contributed by atoms with E-state index < -0.39 is 0 Å². The van der Waals surface area contributed by atoms with E-state index >= 15 is 0 Å². The van der Waals surface area contributed by atoms with E-state index in [1.54, 1.807) is 7.11 Å². The number of aromatic nitrogens is 1. The van der Waals surface area contributed by atoms with Gasteiger partial charge in [0.25, 0.3) is 0 Å². The molecule has 0 aliphatic carbocycles. The second-order valence-corrected chi connectivity index (χ2v) is 4.65. The largest absolute Gasteiger partial charge is 0.493 e. The van der Waals surface area contributed by atoms with Crippen molar-refractivity contribution in [3.05, 3.63) is 23.6 Å². The highest BCUT2D eigenvalue weighted by Gasteiger charge is 2.09. The standard InChI is InChI=1S/C13H16N2O2S/c1-3-6-17-10-5-4-9(7-11(10)16-2)13-15-12(14)8-18-13/h4-5,7-8H,3,6,14H2,1-2H3. The van der Waals surface area contributed by atoms with Crippen molar-refractivity contribution in [2.24, 2.45) is 0 Å². The lowest BCUT2D eigenvalue weighted by molar-refractivity contribution is 0.294. The minimum atomic E-state index is 0.542. The zero-order valence-electron chi connectivity index (χ0n) is 10.5. The maximum atomic E-state index is 5.63. The minimum Gasteiger partial charge on any atom is -0.493 e. The molecule has 0 radical (unpaired) electrons. The lowest BCUT2D eigenvalue weighted by atomic mass is 10.2. The van der Waals surface area contributed by atoms with Crippen LogP contribution in [0.25, 0.3) is 10.6 Å². The average Bonchev–Trinajstić information content (AvgIpc) is 2.83. The van der Waals surface area contributed by atoms with E-state index in [1.165, 1.54) is 11.3 Å². The van der Waals surface area contributed by atoms with Crippen LogP contribution >= 0.6 is 11.3 Å². The highest BCUT2D eigenvalue weighted by Crippen LogP contribution is 2.34. The first-order valence-corrected chi connectivity index (χ1v) is 6.64. The van der Waals surface area contributed by atoms with Crippen molar-refractivity contribution in [3.8, 4) is 22.1 Å². The minimum absolute atomic E-state index is 0.542. The summed E-state index contributed by atoms with van der Waals surface area (Å²) in [5.74, 6) is 2.02. The third-order valence-corrected chi connectivity index (χ3v) is 3.30. The molecule has 0 fully saturated rings. The summed E-state index contributed by atoms with van der Waals surface area (Å²) in [7, 11) is 1.63. The van der Waals surface area contributed by atoms with Crippen LogP contribution in [0.5, 0.6) is 11.5 Å². The third kappa shape index (κ3) is 2.73. The highest BCUT2D eigenvalue weighted by atomic mass is 32.1. The summed E-state index contributed by atoms with van der Waals surface area (Å²) < 4.78 is 10.9. The number of thiazole rings is 1. The first kappa shape index (κ1) is 12.7. The van der Waals surface area contributed by atoms with E-state index in [1.807, 2.05) is 23.6 Å². The lowest BCUT2D eigenvalue weighted by Gasteiger charge is -2.10. The third-order valence-electron chi connectivity index (χ3n) is 2.39. The molecule has 0 aliphatic rings. The summed E-state index contributed by atoms with van der Waals surface area (Å²) in [6.07, 6.45) is 0.966. The Balaban J connectivity index is 2.29. The molecule has 4 nitrogen and oxygen atoms in total. The van der Waals surface area contributed by atoms with Gasteiger partial charge in [0.05, 0.1) is 13.7 Å². The molecular weight excluding hydrogens is 248 g/mol. The monoisotopic (exact) mass is 264 g/mol. The van der Waals surface area contributed by atoms with Crippen LogP contribution in [-0.4, -0.2) is 18.7 Å². The first-order chi connectivity index (χ1) is 8.74. The molecule has 18 heavy (non-hydrogen) atoms. The SMILES string of the molecule is CCCOc1ccc(-c2nc(N)cs2)cc1OC. The number of nitrogen functional groups attached to an aromatic ring is 1. The maximum Gasteiger partial charge on any atom is 0.161 e. The zero-order chi connectivity index (χ0) is 13.0. The van der Waals surface area contributed by atoms with E-state index in [4.69, 9.17) is 15.2 Å². The van der Waals surface area contributed by atoms with Gasteiger partial charge >= 0.3 is 0 Å². The van der Waals surface area contributed by atoms with Crippen molar-refractivity contribution in [1.29, 1.82) is 0 Å². The molecule has 2 rings (SSSR count). The fourth-order valence-corrected chi connectivity index (χ4v) is 2.26. The predicted octanol–water partition coefficient (Wildman–Crippen LogP) is 3.19. The van der Waals surface area contributed by atoms with E-state index in [0.29, 0.717) is 12.4 Å². The molecule has 1 aromatic carbocycles. The molecule has 2 aromatic rings. The number of nitrogens with zero attached hydrogens (tertiary/aromatic N) is 1. The zero-order valence-corrected chi connectivity index (χ0v) is 11.3. The van der Waals surface area contributed by atoms with Gasteiger partial charge < -0.3 is 15.2 Å². The predicted molar refractivity (Wildman–Crippen MR) is 74.3 cm³/mol. The van der Waals surface area contributed by atoms with Gasteiger partial charge in [0, 0.05) is 10.9 Å². The van der Waals surface area contributed by atoms with Crippen molar-refractivity contribution >= 4 is 17.2 Å². The number of anilines is 1. The summed E-state index contributed by atoms with van der Waals surface area (Å²) >= 11 is 1.51. The molecule has 2 N–H and O–H groups in total. The molecule has 0 spiro atoms. The molecule has 0 bridgehead atoms. The normalized spacial score (nSPS) is 10.3. The Morgan fingerprint density at radius 1 is 1.33 bits per heavy atom. The van der Waals surface area contributed by atoms with E-state index in [0.717, 1.165) is 28.5 Å². The molecule has 0 amide bonds. The summed E-state index contributed by atoms with van der Waals surface area (Å²) in [5, 5.41) is 2.70. The van der Waals surface area contributed by atoms with E-state index in [2.05, 4.69) is 11.9 Å². The Kier molecular flexibility index (Phi) is 4.04. The second kappa shape index (κ2) is 5.73. The molecule has 0 unspecified atom stereocenters. The molecular formula is C13H16N2O2S. The van der Waals surface area contributed by atoms with Crippen molar-refractivity contribution in [2.45, 2.75) is 13.3 Å². The van der Waals surface area contributed by atoms with E-state index in [-0.39, 0.29) is 0 Å². The molecule has 0 saturated carbocycles. The molecule has 5 heteroatoms. The van der Waals surface area contributed by atoms with Gasteiger partial charge in [-0.25, -0.2) is 4.98 Å². The number of ether oxygens (including phenoxy) is 2. The van der Waals surface area contributed by atoms with Crippen molar-refractivity contribution in [2.75, 3.05) is 19.5 Å². The fraction of sp³-hybridized carbons (Fsp3) is 0.308. The number of hydrogen-bond acceptors (Lipinski definition) is 5. The molecule has 0 saturated heterocycles. The van der Waals surface area contributed by atoms with Gasteiger partial charge in [-0.2, -0.15) is 0 Å². The van der Waals surface area contributed by atoms with Gasteiger partial charge in [0.2, 0.25) is 0 Å². The van der Waals surface area contributed by atoms with Gasteiger partial charge in [-0.15, -0.1) is 11.3 Å². The topological polar surface area (TPSA) is 57.4 Å². The number of rotatable bonds is 5. The lowest BCUT2D eigenvalue weighted by Crippen LogP contribution is -1.97. The fourth-order valence-electron chi connectivity index (χ4n) is 1.55. The Morgan fingerprint density at radius 2 is 2.17 bits per heavy atom. The van der Waals surface area contributed by atoms with Gasteiger partial charge in [-0.05, 0) is 24.6 Å². The van der Waals surface area contributed by atoms with Gasteiger partial charge in [0.15, 0.2) is 11.5 Å². The van der Waals surface area contributed by atoms with Crippen LogP contribution in [0.2, 0.25) is 0 Å². The summed E-state index contributed by atoms with van der Waals surface area (Å²) in [4.78, 5) is 4.25. The smallest absolute Gasteiger partial charge is 0.161 e. The Bertz CT molecular complexity index is 525. The van der Waals surface area contributed by atoms with Crippen molar-refractivity contribution in [1.82, 2.24) is 4.98 Å². The summed E-state index contributed by atoms with van der Waals surface area (Å²) in [6.45, 7) is 2.75. The van der Waals surface area contributed by atoms with E-state index in [9.17, 15) is 0 Å². The van der Waals surface area contributed by atoms with Gasteiger partial charge in [0.1, 0.15) is 10.8 Å². The number of hydrogen-bond donors (Lipinski definition) is 1. The van der Waals surface area contributed by atoms with Crippen LogP contribution in [0, 0.1) is 0 Å². The van der Waals surface area contributed by atoms with Gasteiger partial charge in [-0.1, -0.05) is 6.92 Å². The average molecular weight is 264 g/mol. The van der Waals surface area contributed by atoms with Crippen LogP contribution < -0.4 is 15.2 Å². The van der Waals surface area contributed by atoms with Crippen LogP contribution in [0.15, 0.2) is 23.6 Å². The number of nitrogens with two attached hydrogens (primary N) is 1. The van der Waals surface area contributed by atoms with Crippen LogP contribution in [0.1, 0.15) is 13.3 Å².